The van der Waals surface area contributed by atoms with E-state index in [-0.39, 0.29) is 0 Å². The summed E-state index contributed by atoms with van der Waals surface area (Å²) in [6.07, 6.45) is 3.38. The number of methoxy groups -OCH3 is 1. The number of hydrazine groups is 1. The minimum Gasteiger partial charge on any atom is -0.495 e. The van der Waals surface area contributed by atoms with Crippen LogP contribution in [0.1, 0.15) is 26.2 Å². The quantitative estimate of drug-likeness (QED) is 0.831. The third-order valence-electron chi connectivity index (χ3n) is 4.85. The first kappa shape index (κ1) is 17.1. The maximum absolute atomic E-state index is 5.50. The molecule has 1 saturated heterocycles. The van der Waals surface area contributed by atoms with Crippen LogP contribution in [0.4, 0.5) is 5.69 Å². The number of benzene rings is 1. The number of nitrogens with one attached hydrogen (secondary N) is 1. The molecule has 1 fully saturated rings. The average Bonchev–Trinajstić information content (AvgIpc) is 3.05. The number of nitrogens with zero attached hydrogens (tertiary/aromatic N) is 2. The van der Waals surface area contributed by atoms with Gasteiger partial charge in [-0.25, -0.2) is 0 Å². The van der Waals surface area contributed by atoms with E-state index in [4.69, 9.17) is 9.47 Å². The molecule has 5 heteroatoms. The predicted molar refractivity (Wildman–Crippen MR) is 97.3 cm³/mol. The average molecular weight is 331 g/mol. The van der Waals surface area contributed by atoms with E-state index in [0.717, 1.165) is 63.7 Å². The smallest absolute Gasteiger partial charge is 0.144 e. The molecule has 0 saturated carbocycles. The molecule has 0 unspecified atom stereocenters. The summed E-state index contributed by atoms with van der Waals surface area (Å²) in [7, 11) is 1.73. The van der Waals surface area contributed by atoms with Gasteiger partial charge in [0.15, 0.2) is 0 Å². The zero-order valence-corrected chi connectivity index (χ0v) is 14.9. The van der Waals surface area contributed by atoms with Crippen molar-refractivity contribution < 1.29 is 9.47 Å². The fourth-order valence-electron chi connectivity index (χ4n) is 3.43. The van der Waals surface area contributed by atoms with Crippen LogP contribution in [0.5, 0.6) is 5.75 Å². The monoisotopic (exact) mass is 331 g/mol. The molecule has 2 aliphatic rings. The molecule has 0 spiro atoms. The zero-order chi connectivity index (χ0) is 16.8. The van der Waals surface area contributed by atoms with E-state index < -0.39 is 0 Å². The lowest BCUT2D eigenvalue weighted by molar-refractivity contribution is 0.0374. The molecule has 1 aromatic rings. The zero-order valence-electron chi connectivity index (χ0n) is 14.9. The highest BCUT2D eigenvalue weighted by atomic mass is 16.5. The van der Waals surface area contributed by atoms with Crippen molar-refractivity contribution in [1.29, 1.82) is 0 Å². The van der Waals surface area contributed by atoms with E-state index in [0.29, 0.717) is 0 Å². The van der Waals surface area contributed by atoms with Crippen molar-refractivity contribution in [2.24, 2.45) is 0 Å². The number of rotatable bonds is 7. The van der Waals surface area contributed by atoms with Crippen LogP contribution < -0.4 is 15.2 Å². The summed E-state index contributed by atoms with van der Waals surface area (Å²) >= 11 is 0. The van der Waals surface area contributed by atoms with Crippen LogP contribution in [0.2, 0.25) is 0 Å². The summed E-state index contributed by atoms with van der Waals surface area (Å²) < 4.78 is 10.9. The normalized spacial score (nSPS) is 18.8. The molecule has 0 aliphatic carbocycles. The van der Waals surface area contributed by atoms with Gasteiger partial charge in [0.1, 0.15) is 5.75 Å². The SMILES string of the molecule is CCC1=C(CCCN2CCOCC2)NN(c2ccccc2OC)C1. The maximum Gasteiger partial charge on any atom is 0.144 e. The summed E-state index contributed by atoms with van der Waals surface area (Å²) in [5, 5.41) is 2.21. The highest BCUT2D eigenvalue weighted by molar-refractivity contribution is 5.60. The Labute approximate surface area is 145 Å². The van der Waals surface area contributed by atoms with Crippen LogP contribution in [-0.2, 0) is 4.74 Å². The standard InChI is InChI=1S/C19H29N3O2/c1-3-16-15-22(18-8-4-5-9-19(18)23-2)20-17(16)7-6-10-21-11-13-24-14-12-21/h4-5,8-9,20H,3,6-7,10-15H2,1-2H3. The van der Waals surface area contributed by atoms with Crippen LogP contribution in [0, 0.1) is 0 Å². The number of hydrogen-bond acceptors (Lipinski definition) is 5. The van der Waals surface area contributed by atoms with E-state index in [1.54, 1.807) is 7.11 Å². The number of morpholine rings is 1. The first-order valence-electron chi connectivity index (χ1n) is 9.00. The Balaban J connectivity index is 1.56. The van der Waals surface area contributed by atoms with Crippen LogP contribution >= 0.6 is 0 Å². The molecule has 0 aromatic heterocycles. The van der Waals surface area contributed by atoms with Gasteiger partial charge in [0.05, 0.1) is 32.6 Å². The molecular formula is C19H29N3O2. The molecular weight excluding hydrogens is 302 g/mol. The van der Waals surface area contributed by atoms with E-state index in [1.807, 2.05) is 12.1 Å². The Hall–Kier alpha value is -1.72. The van der Waals surface area contributed by atoms with Crippen LogP contribution in [0.15, 0.2) is 35.5 Å². The van der Waals surface area contributed by atoms with Crippen molar-refractivity contribution in [2.75, 3.05) is 51.5 Å². The van der Waals surface area contributed by atoms with Gasteiger partial charge in [-0.05, 0) is 43.5 Å². The van der Waals surface area contributed by atoms with Gasteiger partial charge in [-0.1, -0.05) is 19.1 Å². The van der Waals surface area contributed by atoms with Crippen LogP contribution in [-0.4, -0.2) is 51.4 Å². The van der Waals surface area contributed by atoms with Crippen molar-refractivity contribution in [1.82, 2.24) is 10.3 Å². The molecule has 2 aliphatic heterocycles. The Morgan fingerprint density at radius 3 is 2.75 bits per heavy atom. The summed E-state index contributed by atoms with van der Waals surface area (Å²) in [6.45, 7) is 8.22. The Bertz CT molecular complexity index is 567. The Morgan fingerprint density at radius 1 is 1.21 bits per heavy atom. The molecule has 0 bridgehead atoms. The van der Waals surface area contributed by atoms with Gasteiger partial charge in [-0.3, -0.25) is 9.91 Å². The third kappa shape index (κ3) is 4.02. The molecule has 1 N–H and O–H groups in total. The minimum atomic E-state index is 0.878. The Kier molecular flexibility index (Phi) is 5.99. The van der Waals surface area contributed by atoms with Gasteiger partial charge >= 0.3 is 0 Å². The second kappa shape index (κ2) is 8.40. The fourth-order valence-corrected chi connectivity index (χ4v) is 3.43. The van der Waals surface area contributed by atoms with Gasteiger partial charge in [0.2, 0.25) is 0 Å². The number of anilines is 1. The molecule has 0 atom stereocenters. The van der Waals surface area contributed by atoms with Crippen LogP contribution in [0.25, 0.3) is 0 Å². The predicted octanol–water partition coefficient (Wildman–Crippen LogP) is 2.80. The molecule has 2 heterocycles. The second-order valence-electron chi connectivity index (χ2n) is 6.36. The molecule has 3 rings (SSSR count). The highest BCUT2D eigenvalue weighted by Gasteiger charge is 2.22. The largest absolute Gasteiger partial charge is 0.495 e. The first-order chi connectivity index (χ1) is 11.8. The van der Waals surface area contributed by atoms with E-state index >= 15 is 0 Å². The van der Waals surface area contributed by atoms with Gasteiger partial charge < -0.3 is 14.9 Å². The second-order valence-corrected chi connectivity index (χ2v) is 6.36. The molecule has 24 heavy (non-hydrogen) atoms. The lowest BCUT2D eigenvalue weighted by atomic mass is 10.1. The summed E-state index contributed by atoms with van der Waals surface area (Å²) in [4.78, 5) is 2.50. The maximum atomic E-state index is 5.50. The third-order valence-corrected chi connectivity index (χ3v) is 4.85. The van der Waals surface area contributed by atoms with Gasteiger partial charge in [0, 0.05) is 18.8 Å². The number of hydrogen-bond donors (Lipinski definition) is 1. The van der Waals surface area contributed by atoms with E-state index in [2.05, 4.69) is 34.4 Å². The summed E-state index contributed by atoms with van der Waals surface area (Å²) in [5.41, 5.74) is 7.60. The van der Waals surface area contributed by atoms with E-state index in [9.17, 15) is 0 Å². The molecule has 0 radical (unpaired) electrons. The molecule has 5 nitrogen and oxygen atoms in total. The van der Waals surface area contributed by atoms with Crippen molar-refractivity contribution in [2.45, 2.75) is 26.2 Å². The molecule has 0 amide bonds. The highest BCUT2D eigenvalue weighted by Crippen LogP contribution is 2.31. The van der Waals surface area contributed by atoms with Crippen LogP contribution in [0.3, 0.4) is 0 Å². The first-order valence-corrected chi connectivity index (χ1v) is 9.00. The van der Waals surface area contributed by atoms with E-state index in [1.165, 1.54) is 17.7 Å². The molecule has 1 aromatic carbocycles. The lowest BCUT2D eigenvalue weighted by Crippen LogP contribution is -2.37. The number of ether oxygens (including phenoxy) is 2. The minimum absolute atomic E-state index is 0.878. The van der Waals surface area contributed by atoms with Gasteiger partial charge in [-0.2, -0.15) is 0 Å². The van der Waals surface area contributed by atoms with Crippen molar-refractivity contribution in [3.05, 3.63) is 35.5 Å². The summed E-state index contributed by atoms with van der Waals surface area (Å²) in [6, 6.07) is 8.19. The molecule has 132 valence electrons. The fraction of sp³-hybridized carbons (Fsp3) is 0.579. The summed E-state index contributed by atoms with van der Waals surface area (Å²) in [5.74, 6) is 0.912. The number of allylic oxidation sites excluding steroid dienone is 1. The van der Waals surface area contributed by atoms with Crippen molar-refractivity contribution in [3.63, 3.8) is 0 Å². The van der Waals surface area contributed by atoms with Gasteiger partial charge in [0.25, 0.3) is 0 Å². The Morgan fingerprint density at radius 2 is 2.00 bits per heavy atom. The number of para-hydroxylation sites is 2. The lowest BCUT2D eigenvalue weighted by Gasteiger charge is -2.26. The topological polar surface area (TPSA) is 37.0 Å². The van der Waals surface area contributed by atoms with Crippen molar-refractivity contribution in [3.8, 4) is 5.75 Å². The van der Waals surface area contributed by atoms with Crippen molar-refractivity contribution >= 4 is 5.69 Å². The van der Waals surface area contributed by atoms with Gasteiger partial charge in [-0.15, -0.1) is 0 Å².